The fourth-order valence-corrected chi connectivity index (χ4v) is 2.01. The van der Waals surface area contributed by atoms with Gasteiger partial charge in [0.15, 0.2) is 0 Å². The van der Waals surface area contributed by atoms with Crippen molar-refractivity contribution in [2.24, 2.45) is 5.92 Å². The van der Waals surface area contributed by atoms with Gasteiger partial charge >= 0.3 is 0 Å². The lowest BCUT2D eigenvalue weighted by molar-refractivity contribution is -0.000449. The molecule has 0 spiro atoms. The Balaban J connectivity index is 0. The normalized spacial score (nSPS) is 17.5. The molecule has 0 amide bonds. The lowest BCUT2D eigenvalue weighted by Gasteiger charge is -2.25. The fraction of sp³-hybridized carbons (Fsp3) is 0.714. The molecule has 0 saturated carbocycles. The summed E-state index contributed by atoms with van der Waals surface area (Å²) >= 11 is 0. The van der Waals surface area contributed by atoms with Crippen LogP contribution in [0.3, 0.4) is 0 Å². The van der Waals surface area contributed by atoms with Crippen LogP contribution in [0.4, 0.5) is 5.69 Å². The van der Waals surface area contributed by atoms with Crippen LogP contribution in [0.5, 0.6) is 0 Å². The first-order valence-electron chi connectivity index (χ1n) is 9.35. The number of hydrogen-bond donors (Lipinski definition) is 1. The smallest absolute Gasteiger partial charge is 0.112 e. The third kappa shape index (κ3) is 9.00. The van der Waals surface area contributed by atoms with E-state index in [0.717, 1.165) is 18.9 Å². The second-order valence-electron chi connectivity index (χ2n) is 6.18. The van der Waals surface area contributed by atoms with Gasteiger partial charge in [-0.05, 0) is 18.4 Å². The SMILES string of the molecule is CC.CC(C)C.CCC1(OC)CNc2ccccc21.CCCC. The van der Waals surface area contributed by atoms with Crippen molar-refractivity contribution < 1.29 is 4.74 Å². The van der Waals surface area contributed by atoms with Gasteiger partial charge in [0.05, 0.1) is 0 Å². The second kappa shape index (κ2) is 14.6. The van der Waals surface area contributed by atoms with E-state index in [-0.39, 0.29) is 5.60 Å². The van der Waals surface area contributed by atoms with Crippen molar-refractivity contribution in [2.45, 2.75) is 80.3 Å². The van der Waals surface area contributed by atoms with Crippen molar-refractivity contribution in [1.82, 2.24) is 0 Å². The molecule has 23 heavy (non-hydrogen) atoms. The number of rotatable bonds is 3. The number of benzene rings is 1. The van der Waals surface area contributed by atoms with E-state index in [9.17, 15) is 0 Å². The van der Waals surface area contributed by atoms with Crippen molar-refractivity contribution in [1.29, 1.82) is 0 Å². The van der Waals surface area contributed by atoms with Crippen LogP contribution in [-0.2, 0) is 10.3 Å². The van der Waals surface area contributed by atoms with Gasteiger partial charge < -0.3 is 10.1 Å². The predicted octanol–water partition coefficient (Wildman–Crippen LogP) is 6.86. The number of fused-ring (bicyclic) bond motifs is 1. The molecular formula is C21H41NO. The van der Waals surface area contributed by atoms with E-state index in [2.05, 4.69) is 65.1 Å². The van der Waals surface area contributed by atoms with Crippen LogP contribution in [0.15, 0.2) is 24.3 Å². The Morgan fingerprint density at radius 1 is 1.04 bits per heavy atom. The molecule has 0 saturated heterocycles. The molecule has 1 aromatic carbocycles. The monoisotopic (exact) mass is 323 g/mol. The van der Waals surface area contributed by atoms with Crippen molar-refractivity contribution in [3.63, 3.8) is 0 Å². The minimum absolute atomic E-state index is 0.101. The molecular weight excluding hydrogens is 282 g/mol. The summed E-state index contributed by atoms with van der Waals surface area (Å²) in [4.78, 5) is 0. The van der Waals surface area contributed by atoms with Crippen molar-refractivity contribution >= 4 is 5.69 Å². The Labute approximate surface area is 146 Å². The zero-order valence-electron chi connectivity index (χ0n) is 17.1. The minimum atomic E-state index is -0.101. The molecule has 1 atom stereocenters. The maximum absolute atomic E-state index is 5.61. The quantitative estimate of drug-likeness (QED) is 0.656. The summed E-state index contributed by atoms with van der Waals surface area (Å²) in [6, 6.07) is 8.36. The Kier molecular flexibility index (Phi) is 15.3. The van der Waals surface area contributed by atoms with E-state index in [0.29, 0.717) is 0 Å². The summed E-state index contributed by atoms with van der Waals surface area (Å²) in [5, 5.41) is 3.37. The Bertz CT molecular complexity index is 365. The average Bonchev–Trinajstić information content (AvgIpc) is 2.96. The van der Waals surface area contributed by atoms with Crippen LogP contribution in [0, 0.1) is 5.92 Å². The number of unbranched alkanes of at least 4 members (excludes halogenated alkanes) is 1. The van der Waals surface area contributed by atoms with Gasteiger partial charge in [-0.1, -0.05) is 86.4 Å². The lowest BCUT2D eigenvalue weighted by Crippen LogP contribution is -2.29. The molecule has 2 rings (SSSR count). The molecule has 1 heterocycles. The highest BCUT2D eigenvalue weighted by molar-refractivity contribution is 5.59. The van der Waals surface area contributed by atoms with E-state index in [1.165, 1.54) is 24.1 Å². The highest BCUT2D eigenvalue weighted by atomic mass is 16.5. The van der Waals surface area contributed by atoms with Gasteiger partial charge in [-0.15, -0.1) is 0 Å². The van der Waals surface area contributed by atoms with E-state index in [4.69, 9.17) is 4.74 Å². The van der Waals surface area contributed by atoms with Crippen molar-refractivity contribution in [2.75, 3.05) is 19.0 Å². The van der Waals surface area contributed by atoms with Crippen LogP contribution in [0.1, 0.15) is 80.2 Å². The van der Waals surface area contributed by atoms with E-state index in [1.807, 2.05) is 19.9 Å². The standard InChI is InChI=1S/C11H15NO.2C4H10.C2H6/c1-3-11(13-2)8-12-10-7-5-4-6-9(10)11;1-4(2)3;1-3-4-2;1-2/h4-7,12H,3,8H2,1-2H3;4H,1-3H3;3-4H2,1-2H3;1-2H3. The maximum Gasteiger partial charge on any atom is 0.112 e. The van der Waals surface area contributed by atoms with Gasteiger partial charge in [0.25, 0.3) is 0 Å². The molecule has 136 valence electrons. The third-order valence-electron chi connectivity index (χ3n) is 3.44. The van der Waals surface area contributed by atoms with Gasteiger partial charge in [0.2, 0.25) is 0 Å². The third-order valence-corrected chi connectivity index (χ3v) is 3.44. The molecule has 2 heteroatoms. The molecule has 1 unspecified atom stereocenters. The zero-order chi connectivity index (χ0) is 18.3. The predicted molar refractivity (Wildman–Crippen MR) is 106 cm³/mol. The van der Waals surface area contributed by atoms with Crippen molar-refractivity contribution in [3.05, 3.63) is 29.8 Å². The number of para-hydroxylation sites is 1. The molecule has 1 aliphatic rings. The zero-order valence-corrected chi connectivity index (χ0v) is 17.1. The summed E-state index contributed by atoms with van der Waals surface area (Å²) in [5.41, 5.74) is 2.41. The van der Waals surface area contributed by atoms with E-state index in [1.54, 1.807) is 7.11 Å². The number of methoxy groups -OCH3 is 1. The number of nitrogens with one attached hydrogen (secondary N) is 1. The summed E-state index contributed by atoms with van der Waals surface area (Å²) < 4.78 is 5.61. The summed E-state index contributed by atoms with van der Waals surface area (Å²) in [7, 11) is 1.78. The van der Waals surface area contributed by atoms with Crippen LogP contribution in [-0.4, -0.2) is 13.7 Å². The van der Waals surface area contributed by atoms with E-state index < -0.39 is 0 Å². The highest BCUT2D eigenvalue weighted by Gasteiger charge is 2.36. The maximum atomic E-state index is 5.61. The van der Waals surface area contributed by atoms with Gasteiger partial charge in [-0.3, -0.25) is 0 Å². The molecule has 0 aromatic heterocycles. The highest BCUT2D eigenvalue weighted by Crippen LogP contribution is 2.39. The van der Waals surface area contributed by atoms with Gasteiger partial charge in [-0.25, -0.2) is 0 Å². The van der Waals surface area contributed by atoms with Gasteiger partial charge in [0, 0.05) is 24.9 Å². The van der Waals surface area contributed by atoms with Crippen LogP contribution in [0.2, 0.25) is 0 Å². The summed E-state index contributed by atoms with van der Waals surface area (Å²) in [6.45, 7) is 17.9. The van der Waals surface area contributed by atoms with Crippen LogP contribution in [0.25, 0.3) is 0 Å². The van der Waals surface area contributed by atoms with E-state index >= 15 is 0 Å². The Morgan fingerprint density at radius 2 is 1.52 bits per heavy atom. The molecule has 0 radical (unpaired) electrons. The molecule has 0 bridgehead atoms. The Morgan fingerprint density at radius 3 is 1.91 bits per heavy atom. The number of hydrogen-bond acceptors (Lipinski definition) is 2. The molecule has 1 N–H and O–H groups in total. The molecule has 0 fully saturated rings. The fourth-order valence-electron chi connectivity index (χ4n) is 2.01. The van der Waals surface area contributed by atoms with Crippen LogP contribution >= 0.6 is 0 Å². The average molecular weight is 324 g/mol. The summed E-state index contributed by atoms with van der Waals surface area (Å²) in [5.74, 6) is 0.833. The van der Waals surface area contributed by atoms with Crippen LogP contribution < -0.4 is 5.32 Å². The molecule has 1 aromatic rings. The molecule has 0 aliphatic carbocycles. The minimum Gasteiger partial charge on any atom is -0.381 e. The first-order chi connectivity index (χ1) is 11.0. The second-order valence-corrected chi connectivity index (χ2v) is 6.18. The van der Waals surface area contributed by atoms with Gasteiger partial charge in [0.1, 0.15) is 5.60 Å². The van der Waals surface area contributed by atoms with Crippen molar-refractivity contribution in [3.8, 4) is 0 Å². The first kappa shape index (κ1) is 24.2. The van der Waals surface area contributed by atoms with Gasteiger partial charge in [-0.2, -0.15) is 0 Å². The Hall–Kier alpha value is -1.02. The lowest BCUT2D eigenvalue weighted by atomic mass is 9.93. The largest absolute Gasteiger partial charge is 0.381 e. The number of anilines is 1. The molecule has 2 nitrogen and oxygen atoms in total. The summed E-state index contributed by atoms with van der Waals surface area (Å²) in [6.07, 6.45) is 3.65. The first-order valence-corrected chi connectivity index (χ1v) is 9.35. The number of ether oxygens (including phenoxy) is 1. The topological polar surface area (TPSA) is 21.3 Å². The molecule has 1 aliphatic heterocycles.